The van der Waals surface area contributed by atoms with Gasteiger partial charge in [-0.15, -0.1) is 22.7 Å². The SMILES string of the molecule is CCCCCCCCC1(CCCCCCCC)c2cc(OCCCC)ccc2-c2ccc(-c3ccc(-c4ccc(-c5ccc(-c6ccc7c(c6)C(CCCCCCCC)(CCCCCCCC)c6cc(OCCCC)ccc6-7)s5)c5nsnc45)s3)cc21. The van der Waals surface area contributed by atoms with Crippen LogP contribution in [0.2, 0.25) is 0 Å². The molecule has 0 unspecified atom stereocenters. The molecule has 3 heterocycles. The molecule has 0 N–H and O–H groups in total. The number of benzene rings is 5. The van der Waals surface area contributed by atoms with Crippen LogP contribution >= 0.6 is 34.4 Å². The lowest BCUT2D eigenvalue weighted by Gasteiger charge is -2.33. The maximum Gasteiger partial charge on any atom is 0.119 e. The zero-order chi connectivity index (χ0) is 60.3. The van der Waals surface area contributed by atoms with Crippen LogP contribution in [-0.4, -0.2) is 22.0 Å². The molecule has 0 fully saturated rings. The Morgan fingerprint density at radius 2 is 0.598 bits per heavy atom. The fourth-order valence-electron chi connectivity index (χ4n) is 14.8. The van der Waals surface area contributed by atoms with Gasteiger partial charge in [0.2, 0.25) is 0 Å². The van der Waals surface area contributed by atoms with Crippen molar-refractivity contribution < 1.29 is 9.47 Å². The first-order chi connectivity index (χ1) is 42.9. The highest BCUT2D eigenvalue weighted by molar-refractivity contribution is 7.19. The van der Waals surface area contributed by atoms with Crippen LogP contribution in [0, 0.1) is 0 Å². The molecule has 4 nitrogen and oxygen atoms in total. The molecule has 2 aliphatic carbocycles. The molecule has 3 aromatic heterocycles. The third-order valence-corrected chi connectivity index (χ3v) is 22.6. The van der Waals surface area contributed by atoms with Crippen LogP contribution in [0.1, 0.15) is 269 Å². The van der Waals surface area contributed by atoms with Crippen LogP contribution in [-0.2, 0) is 10.8 Å². The van der Waals surface area contributed by atoms with E-state index < -0.39 is 0 Å². The normalized spacial score (nSPS) is 13.5. The summed E-state index contributed by atoms with van der Waals surface area (Å²) in [5.41, 5.74) is 18.7. The second-order valence-corrected chi connectivity index (χ2v) is 28.7. The van der Waals surface area contributed by atoms with E-state index in [9.17, 15) is 0 Å². The molecule has 7 heteroatoms. The molecule has 87 heavy (non-hydrogen) atoms. The molecule has 0 atom stereocenters. The number of nitrogens with zero attached hydrogens (tertiary/aromatic N) is 2. The number of aromatic nitrogens is 2. The van der Waals surface area contributed by atoms with Crippen molar-refractivity contribution in [3.63, 3.8) is 0 Å². The highest BCUT2D eigenvalue weighted by atomic mass is 32.1. The predicted octanol–water partition coefficient (Wildman–Crippen LogP) is 26.4. The van der Waals surface area contributed by atoms with Crippen LogP contribution in [0.25, 0.3) is 75.0 Å². The van der Waals surface area contributed by atoms with Gasteiger partial charge < -0.3 is 9.47 Å². The lowest BCUT2D eigenvalue weighted by atomic mass is 9.70. The molecular weight excluding hydrogens is 1120 g/mol. The largest absolute Gasteiger partial charge is 0.494 e. The first-order valence-electron chi connectivity index (χ1n) is 35.2. The third kappa shape index (κ3) is 15.2. The Bertz CT molecular complexity index is 3160. The summed E-state index contributed by atoms with van der Waals surface area (Å²) >= 11 is 5.15. The van der Waals surface area contributed by atoms with E-state index in [1.807, 2.05) is 22.7 Å². The van der Waals surface area contributed by atoms with Gasteiger partial charge in [-0.2, -0.15) is 8.75 Å². The minimum absolute atomic E-state index is 0.0264. The summed E-state index contributed by atoms with van der Waals surface area (Å²) in [4.78, 5) is 5.11. The zero-order valence-corrected chi connectivity index (χ0v) is 56.8. The van der Waals surface area contributed by atoms with E-state index in [-0.39, 0.29) is 10.8 Å². The van der Waals surface area contributed by atoms with Gasteiger partial charge in [0.25, 0.3) is 0 Å². The van der Waals surface area contributed by atoms with Gasteiger partial charge in [0.15, 0.2) is 0 Å². The molecule has 8 aromatic rings. The maximum atomic E-state index is 6.49. The number of thiophene rings is 2. The molecule has 2 aliphatic rings. The maximum absolute atomic E-state index is 6.49. The molecule has 0 bridgehead atoms. The molecule has 0 radical (unpaired) electrons. The van der Waals surface area contributed by atoms with Gasteiger partial charge in [0, 0.05) is 41.5 Å². The van der Waals surface area contributed by atoms with E-state index in [2.05, 4.69) is 151 Å². The fourth-order valence-corrected chi connectivity index (χ4v) is 17.4. The molecule has 0 aliphatic heterocycles. The van der Waals surface area contributed by atoms with Crippen molar-refractivity contribution in [1.29, 1.82) is 0 Å². The van der Waals surface area contributed by atoms with Gasteiger partial charge in [-0.05, 0) is 155 Å². The summed E-state index contributed by atoms with van der Waals surface area (Å²) in [6, 6.07) is 43.2. The van der Waals surface area contributed by atoms with Gasteiger partial charge >= 0.3 is 0 Å². The Balaban J connectivity index is 0.942. The average Bonchev–Trinajstić information content (AvgIpc) is 1.65. The van der Waals surface area contributed by atoms with E-state index in [4.69, 9.17) is 18.2 Å². The van der Waals surface area contributed by atoms with Crippen LogP contribution in [0.4, 0.5) is 0 Å². The minimum atomic E-state index is -0.0264. The third-order valence-electron chi connectivity index (χ3n) is 19.8. The van der Waals surface area contributed by atoms with Crippen LogP contribution in [0.15, 0.2) is 109 Å². The van der Waals surface area contributed by atoms with Crippen LogP contribution in [0.5, 0.6) is 11.5 Å². The Hall–Kier alpha value is -5.08. The summed E-state index contributed by atoms with van der Waals surface area (Å²) in [5, 5.41) is 0. The number of hydrogen-bond acceptors (Lipinski definition) is 7. The first kappa shape index (κ1) is 64.9. The van der Waals surface area contributed by atoms with Gasteiger partial charge in [0.05, 0.1) is 24.9 Å². The summed E-state index contributed by atoms with van der Waals surface area (Å²) in [5.74, 6) is 2.07. The second-order valence-electron chi connectivity index (χ2n) is 26.0. The Morgan fingerprint density at radius 3 is 0.954 bits per heavy atom. The zero-order valence-electron chi connectivity index (χ0n) is 54.4. The number of hydrogen-bond donors (Lipinski definition) is 0. The van der Waals surface area contributed by atoms with Crippen molar-refractivity contribution >= 4 is 45.4 Å². The fraction of sp³-hybridized carbons (Fsp3) is 0.525. The molecular formula is C80H104N2O2S3. The smallest absolute Gasteiger partial charge is 0.119 e. The second kappa shape index (κ2) is 32.6. The molecule has 5 aromatic carbocycles. The standard InChI is InChI=1S/C80H104N2O2S3/c1-7-13-19-23-27-31-49-79(50-32-28-24-20-14-8-2)69-55-59(35-39-63(69)65-41-37-61(57-71(65)79)83-53-17-11-5)73-45-47-75(85-73)67-43-44-68(78-77(67)81-87-82-78)76-48-46-74(86-76)60-36-40-64-66-42-38-62(84-54-18-12-6)58-72(66)80(70(64)56-60,51-33-29-25-21-15-9-3)52-34-30-26-22-16-10-4/h35-48,55-58H,7-34,49-54H2,1-6H3. The van der Waals surface area contributed by atoms with E-state index in [1.165, 1.54) is 278 Å². The molecule has 0 amide bonds. The molecule has 0 saturated heterocycles. The topological polar surface area (TPSA) is 44.2 Å². The van der Waals surface area contributed by atoms with E-state index in [0.717, 1.165) is 61.4 Å². The molecule has 10 rings (SSSR count). The van der Waals surface area contributed by atoms with E-state index >= 15 is 0 Å². The van der Waals surface area contributed by atoms with Gasteiger partial charge in [-0.3, -0.25) is 0 Å². The Labute approximate surface area is 538 Å². The van der Waals surface area contributed by atoms with Crippen molar-refractivity contribution in [2.75, 3.05) is 13.2 Å². The molecule has 0 spiro atoms. The average molecular weight is 1220 g/mol. The number of fused-ring (bicyclic) bond motifs is 7. The minimum Gasteiger partial charge on any atom is -0.494 e. The Kier molecular flexibility index (Phi) is 24.3. The summed E-state index contributed by atoms with van der Waals surface area (Å²) < 4.78 is 23.1. The lowest BCUT2D eigenvalue weighted by Crippen LogP contribution is -2.25. The van der Waals surface area contributed by atoms with Crippen LogP contribution < -0.4 is 9.47 Å². The lowest BCUT2D eigenvalue weighted by molar-refractivity contribution is 0.307. The summed E-state index contributed by atoms with van der Waals surface area (Å²) in [6.45, 7) is 15.4. The quantitative estimate of drug-likeness (QED) is 0.0359. The van der Waals surface area contributed by atoms with Crippen molar-refractivity contribution in [3.05, 3.63) is 131 Å². The summed E-state index contributed by atoms with van der Waals surface area (Å²) in [6.07, 6.45) is 40.6. The van der Waals surface area contributed by atoms with Gasteiger partial charge in [0.1, 0.15) is 22.5 Å². The van der Waals surface area contributed by atoms with E-state index in [1.54, 1.807) is 0 Å². The number of rotatable bonds is 40. The van der Waals surface area contributed by atoms with Gasteiger partial charge in [-0.1, -0.05) is 257 Å². The van der Waals surface area contributed by atoms with E-state index in [0.29, 0.717) is 0 Å². The van der Waals surface area contributed by atoms with Gasteiger partial charge in [-0.25, -0.2) is 0 Å². The summed E-state index contributed by atoms with van der Waals surface area (Å²) in [7, 11) is 0. The van der Waals surface area contributed by atoms with Crippen molar-refractivity contribution in [1.82, 2.24) is 8.75 Å². The van der Waals surface area contributed by atoms with Crippen molar-refractivity contribution in [2.24, 2.45) is 0 Å². The first-order valence-corrected chi connectivity index (χ1v) is 37.6. The van der Waals surface area contributed by atoms with Crippen molar-refractivity contribution in [3.8, 4) is 75.5 Å². The Morgan fingerprint density at radius 1 is 0.299 bits per heavy atom. The number of unbranched alkanes of at least 4 members (excludes halogenated alkanes) is 22. The highest BCUT2D eigenvalue weighted by Gasteiger charge is 2.44. The molecule has 0 saturated carbocycles. The predicted molar refractivity (Wildman–Crippen MR) is 380 cm³/mol. The van der Waals surface area contributed by atoms with Crippen molar-refractivity contribution in [2.45, 2.75) is 258 Å². The monoisotopic (exact) mass is 1220 g/mol. The highest BCUT2D eigenvalue weighted by Crippen LogP contribution is 2.58. The molecule has 464 valence electrons. The van der Waals surface area contributed by atoms with Crippen LogP contribution in [0.3, 0.4) is 0 Å². The number of ether oxygens (including phenoxy) is 2.